The number of hydrogen-bond acceptors (Lipinski definition) is 1. The lowest BCUT2D eigenvalue weighted by Crippen LogP contribution is -1.93. The van der Waals surface area contributed by atoms with Crippen molar-refractivity contribution in [1.82, 2.24) is 0 Å². The number of carbonyl (C=O) groups is 1. The van der Waals surface area contributed by atoms with Gasteiger partial charge in [-0.1, -0.05) is 44.1 Å². The predicted octanol–water partition coefficient (Wildman–Crippen LogP) is 3.78. The highest BCUT2D eigenvalue weighted by molar-refractivity contribution is 5.66. The monoisotopic (exact) mass is 270 g/mol. The van der Waals surface area contributed by atoms with Crippen LogP contribution in [0.1, 0.15) is 58.3 Å². The van der Waals surface area contributed by atoms with Crippen molar-refractivity contribution in [2.45, 2.75) is 58.3 Å². The van der Waals surface area contributed by atoms with Crippen LogP contribution in [0.15, 0.2) is 12.2 Å². The normalized spacial score (nSPS) is 8.85. The molecule has 2 heteroatoms. The Kier molecular flexibility index (Phi) is 13.4. The van der Waals surface area contributed by atoms with E-state index in [9.17, 15) is 4.79 Å². The third-order valence-electron chi connectivity index (χ3n) is 2.48. The Labute approximate surface area is 122 Å². The first-order chi connectivity index (χ1) is 9.77. The van der Waals surface area contributed by atoms with E-state index in [1.807, 2.05) is 6.08 Å². The topological polar surface area (TPSA) is 37.3 Å². The van der Waals surface area contributed by atoms with Crippen molar-refractivity contribution in [1.29, 1.82) is 0 Å². The highest BCUT2D eigenvalue weighted by Crippen LogP contribution is 2.06. The van der Waals surface area contributed by atoms with Crippen molar-refractivity contribution >= 4 is 5.97 Å². The first-order valence-electron chi connectivity index (χ1n) is 7.12. The van der Waals surface area contributed by atoms with Gasteiger partial charge in [0, 0.05) is 12.8 Å². The summed E-state index contributed by atoms with van der Waals surface area (Å²) in [6.45, 7) is 2.06. The predicted molar refractivity (Wildman–Crippen MR) is 82.7 cm³/mol. The quantitative estimate of drug-likeness (QED) is 0.538. The zero-order chi connectivity index (χ0) is 14.9. The fraction of sp³-hybridized carbons (Fsp3) is 0.500. The van der Waals surface area contributed by atoms with Crippen LogP contribution in [0, 0.1) is 35.5 Å². The molecule has 0 unspecified atom stereocenters. The van der Waals surface area contributed by atoms with Gasteiger partial charge in [-0.25, -0.2) is 0 Å². The van der Waals surface area contributed by atoms with Gasteiger partial charge in [0.1, 0.15) is 0 Å². The summed E-state index contributed by atoms with van der Waals surface area (Å²) in [6.07, 6.45) is 10.9. The Morgan fingerprint density at radius 2 is 1.70 bits per heavy atom. The van der Waals surface area contributed by atoms with Gasteiger partial charge in [-0.3, -0.25) is 4.79 Å². The smallest absolute Gasteiger partial charge is 0.303 e. The molecule has 0 aromatic rings. The largest absolute Gasteiger partial charge is 0.481 e. The van der Waals surface area contributed by atoms with Gasteiger partial charge in [-0.15, -0.1) is 0 Å². The fourth-order valence-electron chi connectivity index (χ4n) is 1.44. The molecule has 0 saturated carbocycles. The van der Waals surface area contributed by atoms with Crippen molar-refractivity contribution < 1.29 is 9.90 Å². The van der Waals surface area contributed by atoms with Crippen LogP contribution < -0.4 is 0 Å². The number of aliphatic carboxylic acids is 1. The van der Waals surface area contributed by atoms with Crippen LogP contribution in [-0.2, 0) is 4.79 Å². The van der Waals surface area contributed by atoms with Crippen LogP contribution in [0.5, 0.6) is 0 Å². The third-order valence-corrected chi connectivity index (χ3v) is 2.48. The summed E-state index contributed by atoms with van der Waals surface area (Å²) in [5.41, 5.74) is 0. The summed E-state index contributed by atoms with van der Waals surface area (Å²) in [7, 11) is 0. The second-order valence-electron chi connectivity index (χ2n) is 4.29. The molecule has 0 aliphatic heterocycles. The lowest BCUT2D eigenvalue weighted by atomic mass is 10.1. The molecule has 2 nitrogen and oxygen atoms in total. The van der Waals surface area contributed by atoms with Gasteiger partial charge in [-0.05, 0) is 49.0 Å². The van der Waals surface area contributed by atoms with Crippen LogP contribution in [-0.4, -0.2) is 11.1 Å². The van der Waals surface area contributed by atoms with Gasteiger partial charge in [0.15, 0.2) is 0 Å². The van der Waals surface area contributed by atoms with E-state index in [4.69, 9.17) is 5.11 Å². The Morgan fingerprint density at radius 3 is 2.45 bits per heavy atom. The molecule has 0 spiro atoms. The van der Waals surface area contributed by atoms with Crippen LogP contribution in [0.3, 0.4) is 0 Å². The maximum Gasteiger partial charge on any atom is 0.303 e. The van der Waals surface area contributed by atoms with Crippen LogP contribution >= 0.6 is 0 Å². The van der Waals surface area contributed by atoms with Gasteiger partial charge >= 0.3 is 5.97 Å². The number of unbranched alkanes of at least 4 members (excludes halogenated alkanes) is 5. The van der Waals surface area contributed by atoms with E-state index >= 15 is 0 Å². The fourth-order valence-corrected chi connectivity index (χ4v) is 1.44. The number of hydrogen-bond donors (Lipinski definition) is 1. The molecule has 0 fully saturated rings. The minimum atomic E-state index is -0.706. The van der Waals surface area contributed by atoms with Crippen molar-refractivity contribution in [3.8, 4) is 35.5 Å². The zero-order valence-electron chi connectivity index (χ0n) is 12.2. The van der Waals surface area contributed by atoms with Gasteiger partial charge in [0.05, 0.1) is 0 Å². The molecule has 1 N–H and O–H groups in total. The molecule has 0 bridgehead atoms. The molecule has 0 aromatic carbocycles. The average molecular weight is 270 g/mol. The van der Waals surface area contributed by atoms with E-state index in [1.54, 1.807) is 6.08 Å². The Balaban J connectivity index is 3.49. The highest BCUT2D eigenvalue weighted by Gasteiger charge is 1.95. The lowest BCUT2D eigenvalue weighted by molar-refractivity contribution is -0.137. The Hall–Kier alpha value is -2.11. The van der Waals surface area contributed by atoms with E-state index in [2.05, 4.69) is 42.4 Å². The standard InChI is InChI=1S/C18H22O2/c1-2-3-4-5-6-7-8-9-10-11-12-13-14-15-16-17-18(19)20/h3-4H,2,11-17H2,1H3,(H,19,20)/b4-3+. The molecule has 20 heavy (non-hydrogen) atoms. The first kappa shape index (κ1) is 17.9. The molecular weight excluding hydrogens is 248 g/mol. The summed E-state index contributed by atoms with van der Waals surface area (Å²) in [5.74, 6) is 16.0. The number of carboxylic acid groups (broad SMARTS) is 1. The molecule has 0 atom stereocenters. The molecule has 106 valence electrons. The number of carboxylic acids is 1. The van der Waals surface area contributed by atoms with E-state index < -0.39 is 5.97 Å². The van der Waals surface area contributed by atoms with Gasteiger partial charge in [-0.2, -0.15) is 0 Å². The van der Waals surface area contributed by atoms with Gasteiger partial charge < -0.3 is 5.11 Å². The third kappa shape index (κ3) is 15.9. The van der Waals surface area contributed by atoms with Crippen LogP contribution in [0.4, 0.5) is 0 Å². The van der Waals surface area contributed by atoms with Gasteiger partial charge in [0.2, 0.25) is 0 Å². The van der Waals surface area contributed by atoms with Crippen molar-refractivity contribution in [3.63, 3.8) is 0 Å². The molecule has 0 saturated heterocycles. The second-order valence-corrected chi connectivity index (χ2v) is 4.29. The summed E-state index contributed by atoms with van der Waals surface area (Å²) >= 11 is 0. The summed E-state index contributed by atoms with van der Waals surface area (Å²) in [4.78, 5) is 10.3. The lowest BCUT2D eigenvalue weighted by Gasteiger charge is -1.96. The molecule has 0 rings (SSSR count). The minimum absolute atomic E-state index is 0.282. The molecular formula is C18H22O2. The summed E-state index contributed by atoms with van der Waals surface area (Å²) in [5, 5.41) is 8.47. The Bertz CT molecular complexity index is 467. The SMILES string of the molecule is CC/C=C/C#CC#CC#CCCCCCCCC(=O)O. The minimum Gasteiger partial charge on any atom is -0.481 e. The van der Waals surface area contributed by atoms with Crippen LogP contribution in [0.2, 0.25) is 0 Å². The summed E-state index contributed by atoms with van der Waals surface area (Å²) in [6, 6.07) is 0. The molecule has 0 aromatic heterocycles. The van der Waals surface area contributed by atoms with E-state index in [1.165, 1.54) is 0 Å². The molecule has 0 aliphatic rings. The number of allylic oxidation sites excluding steroid dienone is 2. The second kappa shape index (κ2) is 14.9. The zero-order valence-corrected chi connectivity index (χ0v) is 12.2. The summed E-state index contributed by atoms with van der Waals surface area (Å²) < 4.78 is 0. The van der Waals surface area contributed by atoms with E-state index in [-0.39, 0.29) is 6.42 Å². The van der Waals surface area contributed by atoms with E-state index in [0.29, 0.717) is 0 Å². The van der Waals surface area contributed by atoms with Crippen molar-refractivity contribution in [2.24, 2.45) is 0 Å². The van der Waals surface area contributed by atoms with Crippen molar-refractivity contribution in [2.75, 3.05) is 0 Å². The maximum atomic E-state index is 10.3. The Morgan fingerprint density at radius 1 is 1.00 bits per heavy atom. The van der Waals surface area contributed by atoms with Crippen LogP contribution in [0.25, 0.3) is 0 Å². The maximum absolute atomic E-state index is 10.3. The highest BCUT2D eigenvalue weighted by atomic mass is 16.4. The molecule has 0 heterocycles. The molecule has 0 aliphatic carbocycles. The molecule has 0 amide bonds. The average Bonchev–Trinajstić information content (AvgIpc) is 2.43. The van der Waals surface area contributed by atoms with E-state index in [0.717, 1.165) is 44.9 Å². The molecule has 0 radical (unpaired) electrons. The first-order valence-corrected chi connectivity index (χ1v) is 7.12. The number of rotatable bonds is 8. The van der Waals surface area contributed by atoms with Crippen molar-refractivity contribution in [3.05, 3.63) is 12.2 Å². The van der Waals surface area contributed by atoms with Gasteiger partial charge in [0.25, 0.3) is 0 Å².